The number of rotatable bonds is 3. The minimum atomic E-state index is -1.33. The Morgan fingerprint density at radius 3 is 2.68 bits per heavy atom. The van der Waals surface area contributed by atoms with E-state index in [9.17, 15) is 9.59 Å². The van der Waals surface area contributed by atoms with E-state index < -0.39 is 17.1 Å². The summed E-state index contributed by atoms with van der Waals surface area (Å²) >= 11 is 0. The second-order valence-electron chi connectivity index (χ2n) is 4.38. The predicted molar refractivity (Wildman–Crippen MR) is 68.7 cm³/mol. The fourth-order valence-electron chi connectivity index (χ4n) is 1.68. The van der Waals surface area contributed by atoms with Gasteiger partial charge in [0.05, 0.1) is 11.9 Å². The van der Waals surface area contributed by atoms with E-state index in [1.54, 1.807) is 30.7 Å². The molecule has 19 heavy (non-hydrogen) atoms. The highest BCUT2D eigenvalue weighted by atomic mass is 16.4. The van der Waals surface area contributed by atoms with Crippen LogP contribution in [0.15, 0.2) is 35.5 Å². The highest BCUT2D eigenvalue weighted by Crippen LogP contribution is 2.12. The van der Waals surface area contributed by atoms with Crippen molar-refractivity contribution in [2.45, 2.75) is 19.8 Å². The molecular weight excluding hydrogens is 246 g/mol. The lowest BCUT2D eigenvalue weighted by Crippen LogP contribution is -2.25. The van der Waals surface area contributed by atoms with Crippen molar-refractivity contribution >= 4 is 5.97 Å². The van der Waals surface area contributed by atoms with Gasteiger partial charge in [-0.05, 0) is 18.1 Å². The lowest BCUT2D eigenvalue weighted by Gasteiger charge is -2.10. The fourth-order valence-corrected chi connectivity index (χ4v) is 1.68. The zero-order valence-corrected chi connectivity index (χ0v) is 10.6. The van der Waals surface area contributed by atoms with Crippen molar-refractivity contribution in [2.75, 3.05) is 0 Å². The first-order chi connectivity index (χ1) is 9.00. The van der Waals surface area contributed by atoms with Crippen LogP contribution in [0, 0.1) is 0 Å². The molecule has 0 spiro atoms. The molecule has 98 valence electrons. The van der Waals surface area contributed by atoms with Gasteiger partial charge in [0, 0.05) is 18.0 Å². The van der Waals surface area contributed by atoms with E-state index in [1.165, 1.54) is 4.68 Å². The molecule has 0 aliphatic carbocycles. The van der Waals surface area contributed by atoms with E-state index in [0.29, 0.717) is 11.3 Å². The van der Waals surface area contributed by atoms with Gasteiger partial charge >= 0.3 is 5.97 Å². The number of nitrogens with zero attached hydrogens (tertiary/aromatic N) is 3. The number of carbonyl (C=O) groups is 1. The zero-order chi connectivity index (χ0) is 14.0. The molecule has 2 rings (SSSR count). The number of aromatic nitrogens is 3. The van der Waals surface area contributed by atoms with E-state index in [4.69, 9.17) is 5.11 Å². The van der Waals surface area contributed by atoms with Crippen LogP contribution >= 0.6 is 0 Å². The molecule has 2 heterocycles. The smallest absolute Gasteiger partial charge is 0.360 e. The van der Waals surface area contributed by atoms with Gasteiger partial charge in [0.25, 0.3) is 0 Å². The summed E-state index contributed by atoms with van der Waals surface area (Å²) in [4.78, 5) is 27.0. The second-order valence-corrected chi connectivity index (χ2v) is 4.38. The zero-order valence-electron chi connectivity index (χ0n) is 10.6. The molecule has 6 nitrogen and oxygen atoms in total. The number of carboxylic acid groups (broad SMARTS) is 1. The van der Waals surface area contributed by atoms with E-state index in [-0.39, 0.29) is 5.92 Å². The molecule has 0 atom stereocenters. The molecule has 0 saturated heterocycles. The van der Waals surface area contributed by atoms with Gasteiger partial charge in [-0.15, -0.1) is 0 Å². The molecule has 0 radical (unpaired) electrons. The summed E-state index contributed by atoms with van der Waals surface area (Å²) < 4.78 is 1.37. The Morgan fingerprint density at radius 1 is 1.42 bits per heavy atom. The minimum Gasteiger partial charge on any atom is -0.476 e. The molecular formula is C13H13N3O3. The Balaban J connectivity index is 2.70. The van der Waals surface area contributed by atoms with Crippen LogP contribution in [-0.4, -0.2) is 25.8 Å². The van der Waals surface area contributed by atoms with Crippen molar-refractivity contribution < 1.29 is 9.90 Å². The summed E-state index contributed by atoms with van der Waals surface area (Å²) in [6.07, 6.45) is 4.71. The third kappa shape index (κ3) is 2.52. The average molecular weight is 259 g/mol. The first-order valence-electron chi connectivity index (χ1n) is 5.78. The molecule has 0 aliphatic heterocycles. The van der Waals surface area contributed by atoms with Gasteiger partial charge in [0.2, 0.25) is 11.1 Å². The summed E-state index contributed by atoms with van der Waals surface area (Å²) in [6.45, 7) is 3.66. The highest BCUT2D eigenvalue weighted by Gasteiger charge is 2.18. The molecule has 0 amide bonds. The van der Waals surface area contributed by atoms with Gasteiger partial charge in [-0.25, -0.2) is 9.48 Å². The molecule has 1 N–H and O–H groups in total. The number of hydrogen-bond acceptors (Lipinski definition) is 4. The molecule has 2 aromatic rings. The third-order valence-corrected chi connectivity index (χ3v) is 2.68. The largest absolute Gasteiger partial charge is 0.476 e. The molecule has 2 aromatic heterocycles. The maximum Gasteiger partial charge on any atom is 0.360 e. The quantitative estimate of drug-likeness (QED) is 0.901. The summed E-state index contributed by atoms with van der Waals surface area (Å²) in [5.74, 6) is -1.42. The van der Waals surface area contributed by atoms with E-state index in [2.05, 4.69) is 10.1 Å². The molecule has 0 unspecified atom stereocenters. The summed E-state index contributed by atoms with van der Waals surface area (Å²) in [5.41, 5.74) is 0.000784. The maximum atomic E-state index is 12.0. The van der Waals surface area contributed by atoms with Crippen LogP contribution in [0.25, 0.3) is 5.69 Å². The van der Waals surface area contributed by atoms with Crippen molar-refractivity contribution in [3.63, 3.8) is 0 Å². The molecule has 0 aromatic carbocycles. The topological polar surface area (TPSA) is 85.1 Å². The summed E-state index contributed by atoms with van der Waals surface area (Å²) in [6, 6.07) is 3.45. The Labute approximate surface area is 109 Å². The van der Waals surface area contributed by atoms with Gasteiger partial charge in [-0.3, -0.25) is 9.78 Å². The lowest BCUT2D eigenvalue weighted by molar-refractivity contribution is 0.0686. The van der Waals surface area contributed by atoms with Gasteiger partial charge < -0.3 is 5.11 Å². The summed E-state index contributed by atoms with van der Waals surface area (Å²) in [5, 5.41) is 12.9. The van der Waals surface area contributed by atoms with Gasteiger partial charge in [0.1, 0.15) is 0 Å². The molecule has 0 bridgehead atoms. The van der Waals surface area contributed by atoms with Crippen LogP contribution in [0.5, 0.6) is 0 Å². The minimum absolute atomic E-state index is 0.0866. The van der Waals surface area contributed by atoms with Crippen molar-refractivity contribution in [2.24, 2.45) is 0 Å². The SMILES string of the molecule is CC(C)c1cn(-c2cccnc2)nc(C(=O)O)c1=O. The van der Waals surface area contributed by atoms with Crippen LogP contribution in [0.3, 0.4) is 0 Å². The molecule has 0 fully saturated rings. The van der Waals surface area contributed by atoms with Gasteiger partial charge in [0.15, 0.2) is 0 Å². The average Bonchev–Trinajstić information content (AvgIpc) is 2.39. The number of aromatic carboxylic acids is 1. The van der Waals surface area contributed by atoms with E-state index >= 15 is 0 Å². The first-order valence-corrected chi connectivity index (χ1v) is 5.78. The number of hydrogen-bond donors (Lipinski definition) is 1. The Kier molecular flexibility index (Phi) is 3.41. The Hall–Kier alpha value is -2.50. The normalized spacial score (nSPS) is 10.7. The molecule has 0 saturated carbocycles. The van der Waals surface area contributed by atoms with E-state index in [1.807, 2.05) is 13.8 Å². The van der Waals surface area contributed by atoms with Crippen molar-refractivity contribution in [3.8, 4) is 5.69 Å². The van der Waals surface area contributed by atoms with Crippen LogP contribution in [0.1, 0.15) is 35.8 Å². The number of pyridine rings is 1. The van der Waals surface area contributed by atoms with Crippen molar-refractivity contribution in [1.29, 1.82) is 0 Å². The Morgan fingerprint density at radius 2 is 2.16 bits per heavy atom. The van der Waals surface area contributed by atoms with Crippen molar-refractivity contribution in [3.05, 3.63) is 52.2 Å². The summed E-state index contributed by atoms with van der Waals surface area (Å²) in [7, 11) is 0. The highest BCUT2D eigenvalue weighted by molar-refractivity contribution is 5.85. The standard InChI is InChI=1S/C13H13N3O3/c1-8(2)10-7-16(9-4-3-5-14-6-9)15-11(12(10)17)13(18)19/h3-8H,1-2H3,(H,18,19). The fraction of sp³-hybridized carbons (Fsp3) is 0.231. The van der Waals surface area contributed by atoms with Crippen LogP contribution in [-0.2, 0) is 0 Å². The van der Waals surface area contributed by atoms with Crippen LogP contribution in [0.2, 0.25) is 0 Å². The Bertz CT molecular complexity index is 663. The molecule has 0 aliphatic rings. The van der Waals surface area contributed by atoms with Crippen LogP contribution < -0.4 is 5.43 Å². The van der Waals surface area contributed by atoms with Crippen molar-refractivity contribution in [1.82, 2.24) is 14.8 Å². The van der Waals surface area contributed by atoms with Gasteiger partial charge in [-0.2, -0.15) is 5.10 Å². The van der Waals surface area contributed by atoms with Crippen LogP contribution in [0.4, 0.5) is 0 Å². The second kappa shape index (κ2) is 5.01. The van der Waals surface area contributed by atoms with E-state index in [0.717, 1.165) is 0 Å². The lowest BCUT2D eigenvalue weighted by atomic mass is 10.0. The maximum absolute atomic E-state index is 12.0. The first kappa shape index (κ1) is 12.9. The predicted octanol–water partition coefficient (Wildman–Crippen LogP) is 1.45. The molecule has 6 heteroatoms. The monoisotopic (exact) mass is 259 g/mol. The number of carboxylic acids is 1. The third-order valence-electron chi connectivity index (χ3n) is 2.68. The van der Waals surface area contributed by atoms with Gasteiger partial charge in [-0.1, -0.05) is 13.8 Å².